The van der Waals surface area contributed by atoms with Gasteiger partial charge in [0.2, 0.25) is 23.5 Å². The molecule has 4 aliphatic rings. The summed E-state index contributed by atoms with van der Waals surface area (Å²) >= 11 is 0. The Morgan fingerprint density at radius 2 is 2.06 bits per heavy atom. The molecular weight excluding hydrogens is 466 g/mol. The average molecular weight is 492 g/mol. The second-order valence-electron chi connectivity index (χ2n) is 8.75. The highest BCUT2D eigenvalue weighted by Crippen LogP contribution is 2.63. The van der Waals surface area contributed by atoms with Gasteiger partial charge in [0, 0.05) is 7.05 Å². The van der Waals surface area contributed by atoms with Gasteiger partial charge in [-0.2, -0.15) is 0 Å². The van der Waals surface area contributed by atoms with Gasteiger partial charge in [-0.3, -0.25) is 9.59 Å². The van der Waals surface area contributed by atoms with Crippen molar-refractivity contribution in [3.63, 3.8) is 0 Å². The maximum absolute atomic E-state index is 12.0. The molecule has 1 spiro atoms. The molecule has 0 radical (unpaired) electrons. The van der Waals surface area contributed by atoms with Gasteiger partial charge < -0.3 is 34.1 Å². The van der Waals surface area contributed by atoms with Crippen LogP contribution in [0.4, 0.5) is 5.69 Å². The van der Waals surface area contributed by atoms with E-state index in [1.54, 1.807) is 7.05 Å². The first-order valence-corrected chi connectivity index (χ1v) is 11.5. The maximum Gasteiger partial charge on any atom is 0.351 e. The minimum absolute atomic E-state index is 0.00187. The highest BCUT2D eigenvalue weighted by Gasteiger charge is 2.67. The largest absolute Gasteiger partial charge is 0.460 e. The molecule has 2 aliphatic heterocycles. The molecule has 0 bridgehead atoms. The maximum atomic E-state index is 12.0. The zero-order valence-corrected chi connectivity index (χ0v) is 20.3. The Morgan fingerprint density at radius 1 is 1.28 bits per heavy atom. The van der Waals surface area contributed by atoms with Gasteiger partial charge in [0.05, 0.1) is 5.41 Å². The smallest absolute Gasteiger partial charge is 0.351 e. The number of aromatic nitrogens is 1. The van der Waals surface area contributed by atoms with Gasteiger partial charge in [-0.05, 0) is 56.6 Å². The molecule has 10 nitrogen and oxygen atoms in total. The number of ether oxygens (including phenoxy) is 4. The van der Waals surface area contributed by atoms with Crippen molar-refractivity contribution in [2.75, 3.05) is 12.4 Å². The fraction of sp³-hybridized carbons (Fsp3) is 0.346. The number of anilines is 1. The number of carbonyl (C=O) groups excluding carboxylic acids is 2. The van der Waals surface area contributed by atoms with E-state index >= 15 is 0 Å². The lowest BCUT2D eigenvalue weighted by Gasteiger charge is -2.32. The summed E-state index contributed by atoms with van der Waals surface area (Å²) < 4.78 is 26.8. The Bertz CT molecular complexity index is 1360. The van der Waals surface area contributed by atoms with Crippen molar-refractivity contribution < 1.29 is 33.1 Å². The van der Waals surface area contributed by atoms with Crippen molar-refractivity contribution in [1.82, 2.24) is 10.5 Å². The summed E-state index contributed by atoms with van der Waals surface area (Å²) in [6, 6.07) is 7.86. The van der Waals surface area contributed by atoms with E-state index in [-0.39, 0.29) is 23.6 Å². The van der Waals surface area contributed by atoms with E-state index in [1.165, 1.54) is 0 Å². The predicted octanol–water partition coefficient (Wildman–Crippen LogP) is 3.30. The number of ketones is 1. The fourth-order valence-electron chi connectivity index (χ4n) is 4.24. The van der Waals surface area contributed by atoms with Crippen molar-refractivity contribution in [2.24, 2.45) is 5.41 Å². The first kappa shape index (κ1) is 23.4. The number of nitrogens with zero attached hydrogens (tertiary/aromatic N) is 1. The molecule has 10 heteroatoms. The predicted molar refractivity (Wildman–Crippen MR) is 125 cm³/mol. The molecule has 2 unspecified atom stereocenters. The summed E-state index contributed by atoms with van der Waals surface area (Å²) in [5.74, 6) is 7.52. The minimum Gasteiger partial charge on any atom is -0.460 e. The summed E-state index contributed by atoms with van der Waals surface area (Å²) in [5, 5.41) is 9.83. The van der Waals surface area contributed by atoms with Crippen LogP contribution in [0.3, 0.4) is 0 Å². The molecule has 1 aromatic heterocycles. The SMILES string of the molecule is CNc1c(C)noc1C#CC1NC2=C(OC3=C(O2)C2(CC2)C3=O)O1.Cc1ccccc1C(C)OC=O. The van der Waals surface area contributed by atoms with E-state index in [1.807, 2.05) is 45.0 Å². The molecule has 1 fully saturated rings. The lowest BCUT2D eigenvalue weighted by Crippen LogP contribution is -2.38. The summed E-state index contributed by atoms with van der Waals surface area (Å²) in [4.78, 5) is 22.1. The molecule has 1 saturated carbocycles. The van der Waals surface area contributed by atoms with Crippen LogP contribution in [0.5, 0.6) is 0 Å². The summed E-state index contributed by atoms with van der Waals surface area (Å²) in [5.41, 5.74) is 3.23. The van der Waals surface area contributed by atoms with Crippen LogP contribution < -0.4 is 10.6 Å². The summed E-state index contributed by atoms with van der Waals surface area (Å²) in [6.07, 6.45) is 0.828. The molecular formula is C26H25N3O7. The van der Waals surface area contributed by atoms with Gasteiger partial charge >= 0.3 is 5.95 Å². The zero-order valence-electron chi connectivity index (χ0n) is 20.3. The van der Waals surface area contributed by atoms with E-state index in [0.29, 0.717) is 23.9 Å². The second kappa shape index (κ2) is 9.00. The topological polar surface area (TPSA) is 121 Å². The van der Waals surface area contributed by atoms with Gasteiger partial charge in [0.15, 0.2) is 5.76 Å². The van der Waals surface area contributed by atoms with Crippen LogP contribution in [0.1, 0.15) is 48.5 Å². The summed E-state index contributed by atoms with van der Waals surface area (Å²) in [6.45, 7) is 6.16. The molecule has 0 amide bonds. The van der Waals surface area contributed by atoms with Crippen LogP contribution in [-0.4, -0.2) is 30.7 Å². The molecule has 36 heavy (non-hydrogen) atoms. The van der Waals surface area contributed by atoms with Crippen LogP contribution in [0.2, 0.25) is 0 Å². The molecule has 2 aromatic rings. The quantitative estimate of drug-likeness (QED) is 0.487. The van der Waals surface area contributed by atoms with Crippen LogP contribution in [0, 0.1) is 31.1 Å². The zero-order chi connectivity index (χ0) is 25.4. The molecule has 0 saturated heterocycles. The molecule has 1 aromatic carbocycles. The highest BCUT2D eigenvalue weighted by atomic mass is 16.7. The Hall–Kier alpha value is -4.39. The number of hydrogen-bond acceptors (Lipinski definition) is 10. The van der Waals surface area contributed by atoms with Crippen LogP contribution >= 0.6 is 0 Å². The highest BCUT2D eigenvalue weighted by molar-refractivity contribution is 6.10. The molecule has 2 atom stereocenters. The van der Waals surface area contributed by atoms with Gasteiger partial charge in [0.25, 0.3) is 12.4 Å². The van der Waals surface area contributed by atoms with Crippen molar-refractivity contribution in [1.29, 1.82) is 0 Å². The van der Waals surface area contributed by atoms with Crippen molar-refractivity contribution in [3.05, 3.63) is 70.2 Å². The molecule has 186 valence electrons. The first-order chi connectivity index (χ1) is 17.4. The minimum atomic E-state index is -0.658. The Labute approximate surface area is 207 Å². The molecule has 2 aliphatic carbocycles. The second-order valence-corrected chi connectivity index (χ2v) is 8.75. The molecule has 2 N–H and O–H groups in total. The van der Waals surface area contributed by atoms with E-state index in [4.69, 9.17) is 23.5 Å². The van der Waals surface area contributed by atoms with Crippen molar-refractivity contribution >= 4 is 17.9 Å². The van der Waals surface area contributed by atoms with Crippen LogP contribution in [0.15, 0.2) is 52.1 Å². The molecule has 3 heterocycles. The van der Waals surface area contributed by atoms with Crippen molar-refractivity contribution in [3.8, 4) is 11.8 Å². The van der Waals surface area contributed by atoms with Crippen LogP contribution in [0.25, 0.3) is 0 Å². The number of carbonyl (C=O) groups is 2. The standard InChI is InChI=1S/C16H13N3O5.C10H12O2/c1-7-10(17-2)8(24-19-7)3-4-9-18-14-15(21-9)22-11-12(20)16(5-6-16)13(11)23-14;1-8-5-3-4-6-10(8)9(2)12-7-11/h9,17-18H,5-6H2,1-2H3;3-7,9H,1-2H3. The molecule has 6 rings (SSSR count). The number of Topliss-reactive ketones (excluding diaryl/α,β-unsaturated/α-hetero) is 1. The number of benzene rings is 1. The average Bonchev–Trinajstić information content (AvgIpc) is 3.51. The lowest BCUT2D eigenvalue weighted by molar-refractivity contribution is -0.133. The van der Waals surface area contributed by atoms with E-state index in [0.717, 1.165) is 35.3 Å². The number of allylic oxidation sites excluding steroid dienone is 2. The van der Waals surface area contributed by atoms with Gasteiger partial charge in [0.1, 0.15) is 17.5 Å². The van der Waals surface area contributed by atoms with Crippen LogP contribution in [-0.2, 0) is 28.5 Å². The van der Waals surface area contributed by atoms with Gasteiger partial charge in [-0.15, -0.1) is 0 Å². The third kappa shape index (κ3) is 3.92. The normalized spacial score (nSPS) is 20.4. The van der Waals surface area contributed by atoms with Crippen molar-refractivity contribution in [2.45, 2.75) is 45.9 Å². The Balaban J connectivity index is 0.000000189. The Morgan fingerprint density at radius 3 is 2.75 bits per heavy atom. The third-order valence-corrected chi connectivity index (χ3v) is 6.42. The Kier molecular flexibility index (Phi) is 5.84. The lowest BCUT2D eigenvalue weighted by atomic mass is 9.84. The van der Waals surface area contributed by atoms with E-state index in [9.17, 15) is 9.59 Å². The first-order valence-electron chi connectivity index (χ1n) is 11.5. The van der Waals surface area contributed by atoms with E-state index < -0.39 is 11.6 Å². The number of hydrogen-bond donors (Lipinski definition) is 2. The summed E-state index contributed by atoms with van der Waals surface area (Å²) in [7, 11) is 1.77. The van der Waals surface area contributed by atoms with E-state index in [2.05, 4.69) is 27.6 Å². The third-order valence-electron chi connectivity index (χ3n) is 6.42. The number of rotatable bonds is 4. The number of nitrogens with one attached hydrogen (secondary N) is 2. The van der Waals surface area contributed by atoms with Gasteiger partial charge in [-0.25, -0.2) is 0 Å². The monoisotopic (exact) mass is 491 g/mol. The number of aryl methyl sites for hydroxylation is 2. The van der Waals surface area contributed by atoms with Gasteiger partial charge in [-0.1, -0.05) is 29.4 Å². The fourth-order valence-corrected chi connectivity index (χ4v) is 4.24. The number of fused-ring (bicyclic) bond motifs is 1.